The van der Waals surface area contributed by atoms with E-state index < -0.39 is 0 Å². The predicted molar refractivity (Wildman–Crippen MR) is 110 cm³/mol. The first kappa shape index (κ1) is 19.5. The molecule has 8 heteroatoms. The van der Waals surface area contributed by atoms with E-state index in [9.17, 15) is 9.59 Å². The maximum atomic E-state index is 12.3. The number of nitrogens with one attached hydrogen (secondary N) is 2. The molecule has 0 aliphatic carbocycles. The van der Waals surface area contributed by atoms with Gasteiger partial charge >= 0.3 is 0 Å². The van der Waals surface area contributed by atoms with Crippen molar-refractivity contribution in [2.45, 2.75) is 32.2 Å². The molecule has 27 heavy (non-hydrogen) atoms. The van der Waals surface area contributed by atoms with Crippen molar-refractivity contribution in [3.05, 3.63) is 40.7 Å². The Morgan fingerprint density at radius 2 is 2.26 bits per heavy atom. The fourth-order valence-corrected chi connectivity index (χ4v) is 3.82. The summed E-state index contributed by atoms with van der Waals surface area (Å²) < 4.78 is 1.75. The molecule has 142 valence electrons. The van der Waals surface area contributed by atoms with Crippen LogP contribution in [0.4, 0.5) is 11.4 Å². The van der Waals surface area contributed by atoms with Gasteiger partial charge in [0.15, 0.2) is 0 Å². The molecule has 1 aliphatic heterocycles. The standard InChI is InChI=1S/C19H21ClN4O2S/c1-11(2)9-24-19(20)14(12(3)23-24)5-7-17(25)21-13-4-6-16-15(8-13)22-18(26)10-27-16/h4-8,11H,9-10H2,1-3H3,(H,21,25)(H,22,26)/b7-5+. The number of hydrogen-bond acceptors (Lipinski definition) is 4. The Bertz CT molecular complexity index is 921. The number of anilines is 2. The Labute approximate surface area is 167 Å². The van der Waals surface area contributed by atoms with E-state index in [4.69, 9.17) is 11.6 Å². The van der Waals surface area contributed by atoms with Gasteiger partial charge in [0.05, 0.1) is 17.1 Å². The fourth-order valence-electron chi connectivity index (χ4n) is 2.73. The number of carbonyl (C=O) groups is 2. The van der Waals surface area contributed by atoms with Gasteiger partial charge in [0.2, 0.25) is 11.8 Å². The highest BCUT2D eigenvalue weighted by Gasteiger charge is 2.16. The highest BCUT2D eigenvalue weighted by atomic mass is 35.5. The van der Waals surface area contributed by atoms with E-state index >= 15 is 0 Å². The molecule has 6 nitrogen and oxygen atoms in total. The summed E-state index contributed by atoms with van der Waals surface area (Å²) in [6.45, 7) is 6.77. The van der Waals surface area contributed by atoms with Crippen molar-refractivity contribution in [1.82, 2.24) is 9.78 Å². The number of aromatic nitrogens is 2. The third-order valence-corrected chi connectivity index (χ3v) is 5.40. The first-order valence-corrected chi connectivity index (χ1v) is 9.98. The molecule has 0 spiro atoms. The van der Waals surface area contributed by atoms with Gasteiger partial charge in [0.1, 0.15) is 5.15 Å². The quantitative estimate of drug-likeness (QED) is 0.732. The molecular formula is C19H21ClN4O2S. The molecule has 2 N–H and O–H groups in total. The molecule has 0 saturated carbocycles. The van der Waals surface area contributed by atoms with Crippen molar-refractivity contribution in [2.75, 3.05) is 16.4 Å². The van der Waals surface area contributed by atoms with Crippen LogP contribution in [0.3, 0.4) is 0 Å². The molecule has 0 unspecified atom stereocenters. The van der Waals surface area contributed by atoms with Crippen LogP contribution in [-0.2, 0) is 16.1 Å². The number of nitrogens with zero attached hydrogens (tertiary/aromatic N) is 2. The molecule has 1 aromatic heterocycles. The predicted octanol–water partition coefficient (Wildman–Crippen LogP) is 4.20. The lowest BCUT2D eigenvalue weighted by molar-refractivity contribution is -0.114. The van der Waals surface area contributed by atoms with Crippen molar-refractivity contribution in [2.24, 2.45) is 5.92 Å². The largest absolute Gasteiger partial charge is 0.324 e. The molecule has 0 radical (unpaired) electrons. The molecule has 1 aliphatic rings. The van der Waals surface area contributed by atoms with Gasteiger partial charge < -0.3 is 10.6 Å². The topological polar surface area (TPSA) is 76.0 Å². The van der Waals surface area contributed by atoms with E-state index in [0.717, 1.165) is 22.7 Å². The Hall–Kier alpha value is -2.25. The van der Waals surface area contributed by atoms with Gasteiger partial charge in [0, 0.05) is 28.8 Å². The maximum absolute atomic E-state index is 12.3. The summed E-state index contributed by atoms with van der Waals surface area (Å²) in [5.74, 6) is 0.507. The lowest BCUT2D eigenvalue weighted by Crippen LogP contribution is -2.19. The summed E-state index contributed by atoms with van der Waals surface area (Å²) >= 11 is 7.86. The van der Waals surface area contributed by atoms with Crippen molar-refractivity contribution in [1.29, 1.82) is 0 Å². The lowest BCUT2D eigenvalue weighted by atomic mass is 10.2. The number of amides is 2. The fraction of sp³-hybridized carbons (Fsp3) is 0.316. The average Bonchev–Trinajstić information content (AvgIpc) is 2.85. The summed E-state index contributed by atoms with van der Waals surface area (Å²) in [6, 6.07) is 5.45. The van der Waals surface area contributed by atoms with Crippen LogP contribution in [0.1, 0.15) is 25.1 Å². The van der Waals surface area contributed by atoms with Crippen LogP contribution in [0.5, 0.6) is 0 Å². The van der Waals surface area contributed by atoms with Gasteiger partial charge in [-0.05, 0) is 37.1 Å². The zero-order valence-corrected chi connectivity index (χ0v) is 16.9. The minimum atomic E-state index is -0.281. The van der Waals surface area contributed by atoms with E-state index in [1.807, 2.05) is 19.1 Å². The van der Waals surface area contributed by atoms with E-state index in [-0.39, 0.29) is 11.8 Å². The molecule has 2 heterocycles. The average molecular weight is 405 g/mol. The van der Waals surface area contributed by atoms with Crippen LogP contribution in [0, 0.1) is 12.8 Å². The van der Waals surface area contributed by atoms with E-state index in [1.54, 1.807) is 16.8 Å². The van der Waals surface area contributed by atoms with Crippen molar-refractivity contribution in [3.8, 4) is 0 Å². The van der Waals surface area contributed by atoms with E-state index in [0.29, 0.717) is 28.2 Å². The first-order chi connectivity index (χ1) is 12.8. The number of aryl methyl sites for hydroxylation is 1. The number of fused-ring (bicyclic) bond motifs is 1. The minimum absolute atomic E-state index is 0.0422. The van der Waals surface area contributed by atoms with E-state index in [2.05, 4.69) is 29.6 Å². The molecule has 1 aromatic carbocycles. The number of thioether (sulfide) groups is 1. The zero-order valence-electron chi connectivity index (χ0n) is 15.4. The Morgan fingerprint density at radius 1 is 1.48 bits per heavy atom. The second kappa shape index (κ2) is 8.19. The van der Waals surface area contributed by atoms with Gasteiger partial charge in [0.25, 0.3) is 0 Å². The molecule has 0 bridgehead atoms. The SMILES string of the molecule is Cc1nn(CC(C)C)c(Cl)c1/C=C/C(=O)Nc1ccc2c(c1)NC(=O)CS2. The smallest absolute Gasteiger partial charge is 0.248 e. The summed E-state index contributed by atoms with van der Waals surface area (Å²) in [7, 11) is 0. The number of rotatable bonds is 5. The molecule has 3 rings (SSSR count). The first-order valence-electron chi connectivity index (χ1n) is 8.62. The van der Waals surface area contributed by atoms with Crippen LogP contribution in [-0.4, -0.2) is 27.3 Å². The summed E-state index contributed by atoms with van der Waals surface area (Å²) in [5, 5.41) is 10.6. The molecular weight excluding hydrogens is 384 g/mol. The monoisotopic (exact) mass is 404 g/mol. The van der Waals surface area contributed by atoms with Gasteiger partial charge in [-0.15, -0.1) is 11.8 Å². The third kappa shape index (κ3) is 4.73. The Balaban J connectivity index is 1.70. The number of benzene rings is 1. The maximum Gasteiger partial charge on any atom is 0.248 e. The van der Waals surface area contributed by atoms with Crippen LogP contribution >= 0.6 is 23.4 Å². The lowest BCUT2D eigenvalue weighted by Gasteiger charge is -2.17. The molecule has 2 aromatic rings. The second-order valence-corrected chi connectivity index (χ2v) is 8.11. The van der Waals surface area contributed by atoms with Gasteiger partial charge in [-0.25, -0.2) is 0 Å². The van der Waals surface area contributed by atoms with Gasteiger partial charge in [-0.3, -0.25) is 14.3 Å². The van der Waals surface area contributed by atoms with Crippen molar-refractivity contribution >= 4 is 52.6 Å². The van der Waals surface area contributed by atoms with Gasteiger partial charge in [-0.1, -0.05) is 25.4 Å². The summed E-state index contributed by atoms with van der Waals surface area (Å²) in [6.07, 6.45) is 3.11. The number of hydrogen-bond donors (Lipinski definition) is 2. The van der Waals surface area contributed by atoms with E-state index in [1.165, 1.54) is 17.8 Å². The zero-order chi connectivity index (χ0) is 19.6. The second-order valence-electron chi connectivity index (χ2n) is 6.74. The highest BCUT2D eigenvalue weighted by molar-refractivity contribution is 8.00. The van der Waals surface area contributed by atoms with Gasteiger partial charge in [-0.2, -0.15) is 5.10 Å². The summed E-state index contributed by atoms with van der Waals surface area (Å²) in [4.78, 5) is 24.8. The normalized spacial score (nSPS) is 13.7. The molecule has 0 saturated heterocycles. The highest BCUT2D eigenvalue weighted by Crippen LogP contribution is 2.33. The summed E-state index contributed by atoms with van der Waals surface area (Å²) in [5.41, 5.74) is 2.84. The van der Waals surface area contributed by atoms with Crippen LogP contribution in [0.25, 0.3) is 6.08 Å². The Morgan fingerprint density at radius 3 is 3.00 bits per heavy atom. The third-order valence-electron chi connectivity index (χ3n) is 3.93. The number of carbonyl (C=O) groups excluding carboxylic acids is 2. The molecule has 0 atom stereocenters. The van der Waals surface area contributed by atoms with Crippen molar-refractivity contribution in [3.63, 3.8) is 0 Å². The minimum Gasteiger partial charge on any atom is -0.324 e. The van der Waals surface area contributed by atoms with Crippen LogP contribution in [0.15, 0.2) is 29.2 Å². The van der Waals surface area contributed by atoms with Crippen LogP contribution < -0.4 is 10.6 Å². The number of halogens is 1. The van der Waals surface area contributed by atoms with Crippen LogP contribution in [0.2, 0.25) is 5.15 Å². The molecule has 2 amide bonds. The molecule has 0 fully saturated rings. The Kier molecular flexibility index (Phi) is 5.92. The van der Waals surface area contributed by atoms with Crippen molar-refractivity contribution < 1.29 is 9.59 Å².